The number of fused-ring (bicyclic) bond motifs is 1. The minimum atomic E-state index is -0.929. The fourth-order valence-electron chi connectivity index (χ4n) is 6.21. The molecule has 1 N–H and O–H groups in total. The summed E-state index contributed by atoms with van der Waals surface area (Å²) in [5.41, 5.74) is 0.579. The van der Waals surface area contributed by atoms with Crippen molar-refractivity contribution in [2.75, 3.05) is 0 Å². The van der Waals surface area contributed by atoms with E-state index in [2.05, 4.69) is 12.2 Å². The fourth-order valence-corrected chi connectivity index (χ4v) is 6.21. The van der Waals surface area contributed by atoms with E-state index in [1.165, 1.54) is 12.8 Å². The Labute approximate surface area is 196 Å². The summed E-state index contributed by atoms with van der Waals surface area (Å²) in [6.45, 7) is 4.71. The first kappa shape index (κ1) is 22.3. The van der Waals surface area contributed by atoms with Crippen LogP contribution in [0.3, 0.4) is 0 Å². The average molecular weight is 452 g/mol. The third-order valence-corrected chi connectivity index (χ3v) is 8.22. The summed E-state index contributed by atoms with van der Waals surface area (Å²) in [6, 6.07) is 7.91. The molecule has 1 aliphatic heterocycles. The molecule has 0 aromatic carbocycles. The molecule has 0 saturated heterocycles. The molecule has 1 atom stereocenters. The Hall–Kier alpha value is -2.50. The van der Waals surface area contributed by atoms with Crippen molar-refractivity contribution >= 4 is 11.8 Å². The van der Waals surface area contributed by atoms with Gasteiger partial charge in [-0.25, -0.2) is 0 Å². The molecule has 2 fully saturated rings. The van der Waals surface area contributed by atoms with Crippen molar-refractivity contribution in [1.82, 2.24) is 14.8 Å². The van der Waals surface area contributed by atoms with Gasteiger partial charge in [-0.15, -0.1) is 0 Å². The van der Waals surface area contributed by atoms with Crippen LogP contribution in [-0.2, 0) is 11.3 Å². The Morgan fingerprint density at radius 3 is 2.36 bits per heavy atom. The number of amides is 2. The van der Waals surface area contributed by atoms with E-state index in [4.69, 9.17) is 4.42 Å². The zero-order valence-corrected chi connectivity index (χ0v) is 20.0. The lowest BCUT2D eigenvalue weighted by atomic mass is 9.82. The molecule has 2 saturated carbocycles. The highest BCUT2D eigenvalue weighted by atomic mass is 16.3. The van der Waals surface area contributed by atoms with Gasteiger partial charge in [0.2, 0.25) is 5.91 Å². The van der Waals surface area contributed by atoms with Crippen molar-refractivity contribution < 1.29 is 14.0 Å². The summed E-state index contributed by atoms with van der Waals surface area (Å²) < 4.78 is 7.65. The fraction of sp³-hybridized carbons (Fsp3) is 0.630. The number of aromatic nitrogens is 1. The second kappa shape index (κ2) is 9.03. The molecule has 0 unspecified atom stereocenters. The van der Waals surface area contributed by atoms with Crippen LogP contribution in [0.1, 0.15) is 88.5 Å². The highest BCUT2D eigenvalue weighted by Gasteiger charge is 2.51. The number of carbonyl (C=O) groups is 2. The highest BCUT2D eigenvalue weighted by Crippen LogP contribution is 2.38. The maximum Gasteiger partial charge on any atom is 0.271 e. The summed E-state index contributed by atoms with van der Waals surface area (Å²) in [5, 5.41) is 3.38. The SMILES string of the molecule is CC1CCC(N2C(=O)c3ccc(-c4ccco4)n3C[C@]2(C)C(=O)NC2CCCCCC2)CC1. The number of nitrogens with zero attached hydrogens (tertiary/aromatic N) is 2. The predicted molar refractivity (Wildman–Crippen MR) is 128 cm³/mol. The first-order valence-electron chi connectivity index (χ1n) is 12.9. The minimum Gasteiger partial charge on any atom is -0.463 e. The first-order chi connectivity index (χ1) is 16.0. The Bertz CT molecular complexity index is 978. The molecule has 3 heterocycles. The summed E-state index contributed by atoms with van der Waals surface area (Å²) in [7, 11) is 0. The second-order valence-electron chi connectivity index (χ2n) is 10.7. The Kier molecular flexibility index (Phi) is 6.11. The molecule has 0 bridgehead atoms. The van der Waals surface area contributed by atoms with E-state index in [0.29, 0.717) is 18.2 Å². The number of carbonyl (C=O) groups excluding carboxylic acids is 2. The van der Waals surface area contributed by atoms with Gasteiger partial charge in [-0.1, -0.05) is 32.6 Å². The van der Waals surface area contributed by atoms with Crippen LogP contribution in [0.4, 0.5) is 0 Å². The van der Waals surface area contributed by atoms with Gasteiger partial charge in [0.05, 0.1) is 18.5 Å². The zero-order valence-electron chi connectivity index (χ0n) is 20.0. The Balaban J connectivity index is 1.50. The topological polar surface area (TPSA) is 67.5 Å². The molecule has 33 heavy (non-hydrogen) atoms. The van der Waals surface area contributed by atoms with Crippen LogP contribution in [0.5, 0.6) is 0 Å². The number of hydrogen-bond donors (Lipinski definition) is 1. The summed E-state index contributed by atoms with van der Waals surface area (Å²) in [4.78, 5) is 29.8. The Morgan fingerprint density at radius 2 is 1.70 bits per heavy atom. The summed E-state index contributed by atoms with van der Waals surface area (Å²) >= 11 is 0. The van der Waals surface area contributed by atoms with Gasteiger partial charge in [0.25, 0.3) is 5.91 Å². The molecule has 5 rings (SSSR count). The molecule has 3 aliphatic rings. The molecule has 178 valence electrons. The van der Waals surface area contributed by atoms with Crippen LogP contribution in [0, 0.1) is 5.92 Å². The van der Waals surface area contributed by atoms with Crippen molar-refractivity contribution in [2.45, 2.75) is 102 Å². The van der Waals surface area contributed by atoms with Gasteiger partial charge in [-0.2, -0.15) is 0 Å². The quantitative estimate of drug-likeness (QED) is 0.635. The first-order valence-corrected chi connectivity index (χ1v) is 12.9. The third-order valence-electron chi connectivity index (χ3n) is 8.22. The summed E-state index contributed by atoms with van der Waals surface area (Å²) in [5.74, 6) is 1.37. The maximum atomic E-state index is 14.0. The molecular formula is C27H37N3O3. The molecule has 0 spiro atoms. The molecule has 0 radical (unpaired) electrons. The number of hydrogen-bond acceptors (Lipinski definition) is 3. The minimum absolute atomic E-state index is 0.00823. The lowest BCUT2D eigenvalue weighted by Gasteiger charge is -2.49. The van der Waals surface area contributed by atoms with Crippen LogP contribution in [0.25, 0.3) is 11.5 Å². The van der Waals surface area contributed by atoms with Gasteiger partial charge >= 0.3 is 0 Å². The monoisotopic (exact) mass is 451 g/mol. The van der Waals surface area contributed by atoms with Gasteiger partial charge in [0.15, 0.2) is 0 Å². The van der Waals surface area contributed by atoms with Gasteiger partial charge in [-0.3, -0.25) is 9.59 Å². The molecule has 2 aromatic heterocycles. The smallest absolute Gasteiger partial charge is 0.271 e. The Morgan fingerprint density at radius 1 is 1.00 bits per heavy atom. The van der Waals surface area contributed by atoms with E-state index in [1.807, 2.05) is 40.7 Å². The number of furan rings is 1. The largest absolute Gasteiger partial charge is 0.463 e. The van der Waals surface area contributed by atoms with Gasteiger partial charge in [-0.05, 0) is 75.6 Å². The predicted octanol–water partition coefficient (Wildman–Crippen LogP) is 5.38. The number of nitrogens with one attached hydrogen (secondary N) is 1. The van der Waals surface area contributed by atoms with E-state index < -0.39 is 5.54 Å². The van der Waals surface area contributed by atoms with Crippen LogP contribution in [0.2, 0.25) is 0 Å². The van der Waals surface area contributed by atoms with Gasteiger partial charge in [0, 0.05) is 12.1 Å². The zero-order chi connectivity index (χ0) is 23.0. The lowest BCUT2D eigenvalue weighted by Crippen LogP contribution is -2.67. The van der Waals surface area contributed by atoms with Crippen molar-refractivity contribution in [3.05, 3.63) is 36.2 Å². The van der Waals surface area contributed by atoms with Crippen molar-refractivity contribution in [3.63, 3.8) is 0 Å². The normalized spacial score (nSPS) is 28.9. The van der Waals surface area contributed by atoms with Crippen LogP contribution in [-0.4, -0.2) is 38.9 Å². The molecule has 6 heteroatoms. The highest BCUT2D eigenvalue weighted by molar-refractivity contribution is 6.00. The van der Waals surface area contributed by atoms with E-state index in [0.717, 1.165) is 62.8 Å². The van der Waals surface area contributed by atoms with E-state index >= 15 is 0 Å². The maximum absolute atomic E-state index is 14.0. The molecule has 2 aliphatic carbocycles. The van der Waals surface area contributed by atoms with Crippen molar-refractivity contribution in [2.24, 2.45) is 5.92 Å². The third kappa shape index (κ3) is 4.13. The lowest BCUT2D eigenvalue weighted by molar-refractivity contribution is -0.135. The van der Waals surface area contributed by atoms with Gasteiger partial charge in [0.1, 0.15) is 17.0 Å². The molecule has 6 nitrogen and oxygen atoms in total. The van der Waals surface area contributed by atoms with Crippen LogP contribution < -0.4 is 5.32 Å². The summed E-state index contributed by atoms with van der Waals surface area (Å²) in [6.07, 6.45) is 12.7. The van der Waals surface area contributed by atoms with Crippen molar-refractivity contribution in [3.8, 4) is 11.5 Å². The second-order valence-corrected chi connectivity index (χ2v) is 10.7. The van der Waals surface area contributed by atoms with Crippen molar-refractivity contribution in [1.29, 1.82) is 0 Å². The molecule has 2 amide bonds. The molecule has 2 aromatic rings. The van der Waals surface area contributed by atoms with Crippen LogP contribution in [0.15, 0.2) is 34.9 Å². The van der Waals surface area contributed by atoms with Crippen LogP contribution >= 0.6 is 0 Å². The molecular weight excluding hydrogens is 414 g/mol. The average Bonchev–Trinajstić information content (AvgIpc) is 3.40. The van der Waals surface area contributed by atoms with E-state index in [1.54, 1.807) is 6.26 Å². The van der Waals surface area contributed by atoms with E-state index in [-0.39, 0.29) is 23.9 Å². The van der Waals surface area contributed by atoms with E-state index in [9.17, 15) is 9.59 Å². The number of rotatable bonds is 4. The standard InChI is InChI=1S/C27H37N3O3/c1-19-11-13-21(14-12-19)30-25(31)23-16-15-22(24-10-7-17-33-24)29(23)18-27(30,2)26(32)28-20-8-5-3-4-6-9-20/h7,10,15-17,19-21H,3-6,8-9,11-14,18H2,1-2H3,(H,28,32)/t19?,21?,27-/m1/s1. The van der Waals surface area contributed by atoms with Gasteiger partial charge < -0.3 is 19.2 Å².